The van der Waals surface area contributed by atoms with Crippen molar-refractivity contribution in [2.45, 2.75) is 0 Å². The summed E-state index contributed by atoms with van der Waals surface area (Å²) in [7, 11) is 0. The van der Waals surface area contributed by atoms with Crippen LogP contribution in [0.4, 0.5) is 103 Å². The van der Waals surface area contributed by atoms with E-state index < -0.39 is 0 Å². The van der Waals surface area contributed by atoms with E-state index in [1.165, 1.54) is 36.7 Å². The molecule has 0 bridgehead atoms. The molecule has 110 heavy (non-hydrogen) atoms. The number of fused-ring (bicyclic) bond motifs is 16. The van der Waals surface area contributed by atoms with E-state index in [4.69, 9.17) is 8.83 Å². The summed E-state index contributed by atoms with van der Waals surface area (Å²) >= 11 is 3.57. The van der Waals surface area contributed by atoms with Crippen molar-refractivity contribution < 1.29 is 8.83 Å². The summed E-state index contributed by atoms with van der Waals surface area (Å²) in [6.45, 7) is -0.385. The summed E-state index contributed by atoms with van der Waals surface area (Å²) in [4.78, 5) is 15.5. The number of benzene rings is 15. The number of hydrogen-bond donors (Lipinski definition) is 0. The molecule has 4 aromatic heterocycles. The van der Waals surface area contributed by atoms with Gasteiger partial charge in [-0.05, 0) is 208 Å². The van der Waals surface area contributed by atoms with Gasteiger partial charge in [0, 0.05) is 117 Å². The predicted molar refractivity (Wildman–Crippen MR) is 465 cm³/mol. The number of rotatable bonds is 12. The molecule has 0 amide bonds. The molecule has 0 unspecified atom stereocenters. The lowest BCUT2D eigenvalue weighted by molar-refractivity contribution is 0.626. The van der Waals surface area contributed by atoms with E-state index >= 15 is 0 Å². The Balaban J connectivity index is 0.662. The molecule has 0 saturated heterocycles. The molecule has 4 aliphatic rings. The van der Waals surface area contributed by atoms with E-state index in [0.717, 1.165) is 162 Å². The van der Waals surface area contributed by atoms with Crippen molar-refractivity contribution in [1.82, 2.24) is 0 Å². The van der Waals surface area contributed by atoms with Crippen LogP contribution in [0.3, 0.4) is 0 Å². The van der Waals surface area contributed by atoms with Crippen LogP contribution in [0.1, 0.15) is 0 Å². The second kappa shape index (κ2) is 24.9. The molecule has 23 rings (SSSR count). The molecule has 8 nitrogen and oxygen atoms in total. The molecular formula is C98H62B2N6O2S2. The highest BCUT2D eigenvalue weighted by molar-refractivity contribution is 7.28. The minimum absolute atomic E-state index is 0.164. The van der Waals surface area contributed by atoms with Crippen LogP contribution in [0.5, 0.6) is 0 Å². The standard InChI is InChI=1S/C98H62B2N6O2S2/c1-8-28-63(29-9-1)64-30-24-45-74(58-64)106-84-50-27-47-81-90(84)99(92-95-94(107-97(92)106)78-46-22-23-51-87(78)109-95)79-56-53-76(62-85(79)103(81)70-38-16-5-17-39-70)102(69-36-14-4-15-37-69)73-44-25-31-65(59-73)66-52-55-77-88(60-66)110-98-89(77)93-96(108-98)100-80-57-54-75(101(67-32-10-2-11-33-67)68-34-12-3-13-35-68)61-86(80)104(71-40-18-6-19-41-71)82-48-26-49-83(91(82)100)105(93)72-42-20-7-21-43-72/h1-62H. The fraction of sp³-hybridized carbons (Fsp3) is 0. The average Bonchev–Trinajstić information content (AvgIpc) is 1.44. The van der Waals surface area contributed by atoms with Crippen molar-refractivity contribution in [1.29, 1.82) is 0 Å². The normalized spacial score (nSPS) is 13.0. The molecule has 8 heterocycles. The lowest BCUT2D eigenvalue weighted by atomic mass is 9.34. The molecule has 0 radical (unpaired) electrons. The Bertz CT molecular complexity index is 6820. The van der Waals surface area contributed by atoms with Crippen molar-refractivity contribution in [3.63, 3.8) is 0 Å². The zero-order valence-corrected chi connectivity index (χ0v) is 60.9. The molecule has 4 aliphatic heterocycles. The molecule has 0 saturated carbocycles. The summed E-state index contributed by atoms with van der Waals surface area (Å²) < 4.78 is 18.6. The van der Waals surface area contributed by atoms with Gasteiger partial charge in [-0.1, -0.05) is 224 Å². The van der Waals surface area contributed by atoms with Gasteiger partial charge >= 0.3 is 0 Å². The Morgan fingerprint density at radius 2 is 0.718 bits per heavy atom. The van der Waals surface area contributed by atoms with Gasteiger partial charge in [-0.25, -0.2) is 0 Å². The van der Waals surface area contributed by atoms with E-state index in [0.29, 0.717) is 0 Å². The first-order valence-corrected chi connectivity index (χ1v) is 39.1. The topological polar surface area (TPSA) is 45.7 Å². The predicted octanol–water partition coefficient (Wildman–Crippen LogP) is 24.0. The van der Waals surface area contributed by atoms with E-state index in [2.05, 4.69) is 406 Å². The highest BCUT2D eigenvalue weighted by Gasteiger charge is 2.49. The van der Waals surface area contributed by atoms with Gasteiger partial charge in [0.05, 0.1) is 15.8 Å². The van der Waals surface area contributed by atoms with Crippen LogP contribution in [-0.4, -0.2) is 13.4 Å². The van der Waals surface area contributed by atoms with E-state index in [1.54, 1.807) is 11.3 Å². The van der Waals surface area contributed by atoms with Gasteiger partial charge in [-0.2, -0.15) is 0 Å². The van der Waals surface area contributed by atoms with Gasteiger partial charge < -0.3 is 33.3 Å². The number of thiophene rings is 2. The molecule has 0 atom stereocenters. The van der Waals surface area contributed by atoms with Gasteiger partial charge in [0.1, 0.15) is 5.66 Å². The van der Waals surface area contributed by atoms with E-state index in [-0.39, 0.29) is 13.4 Å². The summed E-state index contributed by atoms with van der Waals surface area (Å²) in [6, 6.07) is 137. The van der Waals surface area contributed by atoms with Crippen LogP contribution < -0.4 is 62.4 Å². The second-order valence-corrected chi connectivity index (χ2v) is 30.7. The van der Waals surface area contributed by atoms with Crippen LogP contribution >= 0.6 is 22.7 Å². The molecular weight excluding hydrogens is 1380 g/mol. The summed E-state index contributed by atoms with van der Waals surface area (Å²) in [5.41, 5.74) is 30.8. The largest absolute Gasteiger partial charge is 0.457 e. The molecule has 15 aromatic carbocycles. The zero-order valence-electron chi connectivity index (χ0n) is 59.3. The van der Waals surface area contributed by atoms with Crippen LogP contribution in [0.15, 0.2) is 385 Å². The summed E-state index contributed by atoms with van der Waals surface area (Å²) in [5, 5.41) is 3.40. The quantitative estimate of drug-likeness (QED) is 0.112. The Labute approximate surface area is 644 Å². The first-order chi connectivity index (χ1) is 54.6. The third-order valence-electron chi connectivity index (χ3n) is 22.6. The maximum atomic E-state index is 7.62. The third kappa shape index (κ3) is 9.59. The van der Waals surface area contributed by atoms with Crippen LogP contribution in [0.2, 0.25) is 0 Å². The number of hydrogen-bond acceptors (Lipinski definition) is 10. The number of para-hydroxylation sites is 6. The second-order valence-electron chi connectivity index (χ2n) is 28.6. The minimum Gasteiger partial charge on any atom is -0.457 e. The molecule has 0 aliphatic carbocycles. The van der Waals surface area contributed by atoms with Crippen molar-refractivity contribution in [2.75, 3.05) is 29.4 Å². The molecule has 0 N–H and O–H groups in total. The number of furan rings is 2. The number of nitrogens with zero attached hydrogens (tertiary/aromatic N) is 6. The summed E-state index contributed by atoms with van der Waals surface area (Å²) in [5.74, 6) is 0.853. The molecule has 12 heteroatoms. The fourth-order valence-electron chi connectivity index (χ4n) is 18.0. The van der Waals surface area contributed by atoms with Gasteiger partial charge in [0.2, 0.25) is 5.88 Å². The lowest BCUT2D eigenvalue weighted by Crippen LogP contribution is -2.61. The van der Waals surface area contributed by atoms with E-state index in [1.807, 2.05) is 11.3 Å². The lowest BCUT2D eigenvalue weighted by Gasteiger charge is -2.42. The molecule has 514 valence electrons. The maximum absolute atomic E-state index is 7.62. The minimum atomic E-state index is -0.221. The average molecular weight is 1440 g/mol. The van der Waals surface area contributed by atoms with Crippen LogP contribution in [0, 0.1) is 0 Å². The highest BCUT2D eigenvalue weighted by atomic mass is 32.1. The van der Waals surface area contributed by atoms with Gasteiger partial charge in [-0.3, -0.25) is 4.90 Å². The van der Waals surface area contributed by atoms with Crippen molar-refractivity contribution in [2.24, 2.45) is 0 Å². The van der Waals surface area contributed by atoms with Gasteiger partial charge in [0.25, 0.3) is 13.4 Å². The van der Waals surface area contributed by atoms with Crippen LogP contribution in [0.25, 0.3) is 63.0 Å². The molecule has 19 aromatic rings. The Morgan fingerprint density at radius 1 is 0.273 bits per heavy atom. The SMILES string of the molecule is c1ccc(-c2cccc(N3c4cccc5c4B(c4ccc(N(c6ccccc6)c6cccc(-c7ccc8c(c7)sc7oc9c(c78)N(c7ccccc7)c7cccc8c7B9c7ccc(N(c9ccccc9)c9ccccc9)cc7N8c7ccccc7)c6)cc4N5c4ccccc4)c4c3oc3c4sc4ccccc43)c2)cc1. The first-order valence-electron chi connectivity index (χ1n) is 37.4. The van der Waals surface area contributed by atoms with Gasteiger partial charge in [-0.15, -0.1) is 11.3 Å². The first kappa shape index (κ1) is 62.4. The fourth-order valence-corrected chi connectivity index (χ4v) is 20.3. The zero-order chi connectivity index (χ0) is 72.1. The smallest absolute Gasteiger partial charge is 0.297 e. The number of anilines is 18. The van der Waals surface area contributed by atoms with Crippen LogP contribution in [-0.2, 0) is 0 Å². The Kier molecular flexibility index (Phi) is 14.1. The Hall–Kier alpha value is -13.8. The molecule has 0 spiro atoms. The van der Waals surface area contributed by atoms with Gasteiger partial charge in [0.15, 0.2) is 10.5 Å². The van der Waals surface area contributed by atoms with Crippen molar-refractivity contribution in [3.05, 3.63) is 376 Å². The molecule has 0 fully saturated rings. The van der Waals surface area contributed by atoms with Crippen molar-refractivity contribution in [3.8, 4) is 22.3 Å². The van der Waals surface area contributed by atoms with E-state index in [9.17, 15) is 0 Å². The highest BCUT2D eigenvalue weighted by Crippen LogP contribution is 2.54. The Morgan fingerprint density at radius 3 is 1.33 bits per heavy atom. The monoisotopic (exact) mass is 1440 g/mol. The maximum Gasteiger partial charge on any atom is 0.297 e. The third-order valence-corrected chi connectivity index (χ3v) is 24.8. The summed E-state index contributed by atoms with van der Waals surface area (Å²) in [6.07, 6.45) is 0. The van der Waals surface area contributed by atoms with Crippen molar-refractivity contribution >= 4 is 212 Å².